The summed E-state index contributed by atoms with van der Waals surface area (Å²) < 4.78 is 5.21. The molecule has 0 spiro atoms. The third-order valence-electron chi connectivity index (χ3n) is 2.45. The van der Waals surface area contributed by atoms with Crippen LogP contribution in [0.2, 0.25) is 0 Å². The summed E-state index contributed by atoms with van der Waals surface area (Å²) in [5.74, 6) is 0.567. The molecule has 0 saturated heterocycles. The van der Waals surface area contributed by atoms with E-state index in [0.29, 0.717) is 11.4 Å². The van der Waals surface area contributed by atoms with Crippen LogP contribution in [-0.4, -0.2) is 18.0 Å². The molecule has 5 heteroatoms. The Bertz CT molecular complexity index is 538. The number of ether oxygens (including phenoxy) is 1. The largest absolute Gasteiger partial charge is 0.495 e. The number of rotatable bonds is 4. The molecule has 94 valence electrons. The van der Waals surface area contributed by atoms with Gasteiger partial charge in [-0.15, -0.1) is 11.3 Å². The standard InChI is InChI=1S/C13H14N2O2S/c1-9-3-4-12(17-2)11(5-9)15-13(16)6-10-7-18-8-14-10/h3-5,7-8H,6H2,1-2H3,(H,15,16). The molecule has 0 unspecified atom stereocenters. The Morgan fingerprint density at radius 2 is 2.33 bits per heavy atom. The molecule has 1 aromatic carbocycles. The molecule has 1 N–H and O–H groups in total. The maximum Gasteiger partial charge on any atom is 0.230 e. The van der Waals surface area contributed by atoms with Crippen molar-refractivity contribution in [3.63, 3.8) is 0 Å². The van der Waals surface area contributed by atoms with Gasteiger partial charge in [-0.25, -0.2) is 4.98 Å². The number of nitrogens with one attached hydrogen (secondary N) is 1. The van der Waals surface area contributed by atoms with Crippen molar-refractivity contribution in [3.8, 4) is 5.75 Å². The van der Waals surface area contributed by atoms with Crippen LogP contribution in [0, 0.1) is 6.92 Å². The number of thiazole rings is 1. The lowest BCUT2D eigenvalue weighted by Crippen LogP contribution is -2.15. The van der Waals surface area contributed by atoms with Crippen molar-refractivity contribution in [2.75, 3.05) is 12.4 Å². The second kappa shape index (κ2) is 5.64. The number of hydrogen-bond acceptors (Lipinski definition) is 4. The van der Waals surface area contributed by atoms with Gasteiger partial charge in [0.05, 0.1) is 30.4 Å². The molecule has 18 heavy (non-hydrogen) atoms. The lowest BCUT2D eigenvalue weighted by atomic mass is 10.2. The van der Waals surface area contributed by atoms with Crippen molar-refractivity contribution >= 4 is 22.9 Å². The Labute approximate surface area is 110 Å². The molecule has 0 atom stereocenters. The van der Waals surface area contributed by atoms with Crippen LogP contribution in [0.25, 0.3) is 0 Å². The molecule has 0 radical (unpaired) electrons. The van der Waals surface area contributed by atoms with Crippen molar-refractivity contribution < 1.29 is 9.53 Å². The first-order chi connectivity index (χ1) is 8.69. The van der Waals surface area contributed by atoms with E-state index in [4.69, 9.17) is 4.74 Å². The van der Waals surface area contributed by atoms with E-state index in [9.17, 15) is 4.79 Å². The van der Waals surface area contributed by atoms with E-state index in [2.05, 4.69) is 10.3 Å². The van der Waals surface area contributed by atoms with Gasteiger partial charge in [-0.3, -0.25) is 4.79 Å². The molecular weight excluding hydrogens is 248 g/mol. The number of nitrogens with zero attached hydrogens (tertiary/aromatic N) is 1. The molecule has 0 bridgehead atoms. The molecule has 1 aromatic heterocycles. The van der Waals surface area contributed by atoms with Gasteiger partial charge in [0.25, 0.3) is 0 Å². The van der Waals surface area contributed by atoms with Crippen molar-refractivity contribution in [3.05, 3.63) is 40.3 Å². The van der Waals surface area contributed by atoms with Gasteiger partial charge in [0.2, 0.25) is 5.91 Å². The van der Waals surface area contributed by atoms with Crippen LogP contribution >= 0.6 is 11.3 Å². The lowest BCUT2D eigenvalue weighted by Gasteiger charge is -2.10. The van der Waals surface area contributed by atoms with Crippen molar-refractivity contribution in [1.29, 1.82) is 0 Å². The van der Waals surface area contributed by atoms with E-state index in [1.807, 2.05) is 30.5 Å². The molecule has 4 nitrogen and oxygen atoms in total. The first-order valence-corrected chi connectivity index (χ1v) is 6.45. The van der Waals surface area contributed by atoms with Gasteiger partial charge in [0.15, 0.2) is 0 Å². The summed E-state index contributed by atoms with van der Waals surface area (Å²) in [6.45, 7) is 1.97. The number of methoxy groups -OCH3 is 1. The molecule has 2 aromatic rings. The van der Waals surface area contributed by atoms with E-state index in [1.165, 1.54) is 11.3 Å². The van der Waals surface area contributed by atoms with Crippen molar-refractivity contribution in [2.45, 2.75) is 13.3 Å². The van der Waals surface area contributed by atoms with Crippen LogP contribution in [0.1, 0.15) is 11.3 Å². The second-order valence-electron chi connectivity index (χ2n) is 3.91. The number of anilines is 1. The Kier molecular flexibility index (Phi) is 3.94. The second-order valence-corrected chi connectivity index (χ2v) is 4.63. The number of carbonyl (C=O) groups excluding carboxylic acids is 1. The van der Waals surface area contributed by atoms with Gasteiger partial charge in [-0.05, 0) is 24.6 Å². The number of hydrogen-bond donors (Lipinski definition) is 1. The minimum Gasteiger partial charge on any atom is -0.495 e. The molecular formula is C13H14N2O2S. The fourth-order valence-corrected chi connectivity index (χ4v) is 2.16. The first kappa shape index (κ1) is 12.6. The Hall–Kier alpha value is -1.88. The van der Waals surface area contributed by atoms with Gasteiger partial charge in [-0.1, -0.05) is 6.07 Å². The molecule has 1 amide bonds. The zero-order valence-electron chi connectivity index (χ0n) is 10.3. The smallest absolute Gasteiger partial charge is 0.230 e. The minimum absolute atomic E-state index is 0.0928. The summed E-state index contributed by atoms with van der Waals surface area (Å²) in [5.41, 5.74) is 4.26. The van der Waals surface area contributed by atoms with Gasteiger partial charge >= 0.3 is 0 Å². The fraction of sp³-hybridized carbons (Fsp3) is 0.231. The van der Waals surface area contributed by atoms with Crippen LogP contribution in [0.3, 0.4) is 0 Å². The monoisotopic (exact) mass is 262 g/mol. The minimum atomic E-state index is -0.0928. The zero-order valence-corrected chi connectivity index (χ0v) is 11.1. The third kappa shape index (κ3) is 3.07. The summed E-state index contributed by atoms with van der Waals surface area (Å²) in [6, 6.07) is 5.67. The average Bonchev–Trinajstić information content (AvgIpc) is 2.82. The molecule has 0 saturated carbocycles. The lowest BCUT2D eigenvalue weighted by molar-refractivity contribution is -0.115. The Balaban J connectivity index is 2.08. The highest BCUT2D eigenvalue weighted by Gasteiger charge is 2.09. The Morgan fingerprint density at radius 3 is 3.00 bits per heavy atom. The van der Waals surface area contributed by atoms with Crippen LogP contribution < -0.4 is 10.1 Å². The fourth-order valence-electron chi connectivity index (χ4n) is 1.60. The van der Waals surface area contributed by atoms with E-state index in [-0.39, 0.29) is 12.3 Å². The highest BCUT2D eigenvalue weighted by molar-refractivity contribution is 7.07. The van der Waals surface area contributed by atoms with Gasteiger partial charge in [0, 0.05) is 5.38 Å². The predicted octanol–water partition coefficient (Wildman–Crippen LogP) is 2.64. The summed E-state index contributed by atoms with van der Waals surface area (Å²) in [6.07, 6.45) is 0.278. The van der Waals surface area contributed by atoms with Crippen molar-refractivity contribution in [1.82, 2.24) is 4.98 Å². The average molecular weight is 262 g/mol. The number of carbonyl (C=O) groups is 1. The van der Waals surface area contributed by atoms with Crippen LogP contribution in [0.4, 0.5) is 5.69 Å². The highest BCUT2D eigenvalue weighted by atomic mass is 32.1. The zero-order chi connectivity index (χ0) is 13.0. The molecule has 0 aliphatic carbocycles. The number of amides is 1. The number of aromatic nitrogens is 1. The maximum absolute atomic E-state index is 11.9. The van der Waals surface area contributed by atoms with E-state index < -0.39 is 0 Å². The van der Waals surface area contributed by atoms with Crippen LogP contribution in [-0.2, 0) is 11.2 Å². The van der Waals surface area contributed by atoms with Gasteiger partial charge in [0.1, 0.15) is 5.75 Å². The van der Waals surface area contributed by atoms with Crippen LogP contribution in [0.15, 0.2) is 29.1 Å². The summed E-state index contributed by atoms with van der Waals surface area (Å²) in [7, 11) is 1.58. The Morgan fingerprint density at radius 1 is 1.50 bits per heavy atom. The maximum atomic E-state index is 11.9. The normalized spacial score (nSPS) is 10.1. The summed E-state index contributed by atoms with van der Waals surface area (Å²) in [4.78, 5) is 15.9. The summed E-state index contributed by atoms with van der Waals surface area (Å²) >= 11 is 1.48. The predicted molar refractivity (Wildman–Crippen MR) is 72.2 cm³/mol. The topological polar surface area (TPSA) is 51.2 Å². The summed E-state index contributed by atoms with van der Waals surface area (Å²) in [5, 5.41) is 4.71. The van der Waals surface area contributed by atoms with E-state index in [0.717, 1.165) is 11.3 Å². The molecule has 2 rings (SSSR count). The van der Waals surface area contributed by atoms with Crippen molar-refractivity contribution in [2.24, 2.45) is 0 Å². The number of aryl methyl sites for hydroxylation is 1. The number of benzene rings is 1. The van der Waals surface area contributed by atoms with Gasteiger partial charge in [-0.2, -0.15) is 0 Å². The van der Waals surface area contributed by atoms with Gasteiger partial charge < -0.3 is 10.1 Å². The van der Waals surface area contributed by atoms with Crippen LogP contribution in [0.5, 0.6) is 5.75 Å². The highest BCUT2D eigenvalue weighted by Crippen LogP contribution is 2.25. The molecule has 0 aliphatic rings. The van der Waals surface area contributed by atoms with E-state index in [1.54, 1.807) is 12.6 Å². The third-order valence-corrected chi connectivity index (χ3v) is 3.09. The SMILES string of the molecule is COc1ccc(C)cc1NC(=O)Cc1cscn1. The molecule has 1 heterocycles. The van der Waals surface area contributed by atoms with E-state index >= 15 is 0 Å². The quantitative estimate of drug-likeness (QED) is 0.921. The first-order valence-electron chi connectivity index (χ1n) is 5.50. The molecule has 0 aliphatic heterocycles. The molecule has 0 fully saturated rings.